The molecule has 1 aromatic heterocycles. The molecule has 1 aliphatic carbocycles. The number of rotatable bonds is 5. The number of ether oxygens (including phenoxy) is 1. The molecule has 1 atom stereocenters. The van der Waals surface area contributed by atoms with Crippen LogP contribution < -0.4 is 15.1 Å². The molecule has 0 radical (unpaired) electrons. The van der Waals surface area contributed by atoms with Crippen LogP contribution in [0.3, 0.4) is 0 Å². The summed E-state index contributed by atoms with van der Waals surface area (Å²) < 4.78 is 11.6. The van der Waals surface area contributed by atoms with E-state index in [4.69, 9.17) is 9.15 Å². The average Bonchev–Trinajstić information content (AvgIpc) is 3.38. The Morgan fingerprint density at radius 2 is 1.88 bits per heavy atom. The van der Waals surface area contributed by atoms with Crippen LogP contribution in [0.1, 0.15) is 52.8 Å². The minimum Gasteiger partial charge on any atom is -0.484 e. The average molecular weight is 458 g/mol. The van der Waals surface area contributed by atoms with Crippen LogP contribution in [0.4, 0.5) is 5.69 Å². The molecule has 2 aliphatic rings. The van der Waals surface area contributed by atoms with Crippen LogP contribution in [0, 0.1) is 6.92 Å². The van der Waals surface area contributed by atoms with Crippen LogP contribution in [0.25, 0.3) is 0 Å². The van der Waals surface area contributed by atoms with Gasteiger partial charge in [0, 0.05) is 29.3 Å². The Hall–Kier alpha value is -3.87. The lowest BCUT2D eigenvalue weighted by molar-refractivity contribution is -0.123. The fraction of sp³-hybridized carbons (Fsp3) is 0.296. The first kappa shape index (κ1) is 21.9. The van der Waals surface area contributed by atoms with Crippen LogP contribution in [-0.2, 0) is 17.6 Å². The van der Waals surface area contributed by atoms with Gasteiger partial charge in [0.25, 0.3) is 11.8 Å². The number of benzene rings is 2. The Morgan fingerprint density at radius 3 is 2.71 bits per heavy atom. The van der Waals surface area contributed by atoms with E-state index in [0.29, 0.717) is 17.9 Å². The Bertz CT molecular complexity index is 1260. The van der Waals surface area contributed by atoms with Crippen molar-refractivity contribution in [1.29, 1.82) is 0 Å². The third-order valence-electron chi connectivity index (χ3n) is 6.37. The van der Waals surface area contributed by atoms with E-state index in [1.165, 1.54) is 5.56 Å². The Morgan fingerprint density at radius 1 is 1.12 bits per heavy atom. The van der Waals surface area contributed by atoms with E-state index in [1.807, 2.05) is 48.2 Å². The normalized spacial score (nSPS) is 17.9. The quantitative estimate of drug-likeness (QED) is 0.575. The number of furan rings is 1. The summed E-state index contributed by atoms with van der Waals surface area (Å²) in [5.74, 6) is 1.24. The number of carbonyl (C=O) groups is 2. The van der Waals surface area contributed by atoms with Gasteiger partial charge in [0.05, 0.1) is 5.71 Å². The Balaban J connectivity index is 1.35. The second-order valence-corrected chi connectivity index (χ2v) is 8.76. The van der Waals surface area contributed by atoms with E-state index in [-0.39, 0.29) is 24.5 Å². The van der Waals surface area contributed by atoms with Gasteiger partial charge in [-0.2, -0.15) is 5.10 Å². The molecule has 0 saturated carbocycles. The molecular formula is C27H27N3O4. The maximum Gasteiger partial charge on any atom is 0.294 e. The highest BCUT2D eigenvalue weighted by molar-refractivity contribution is 6.11. The molecule has 7 heteroatoms. The van der Waals surface area contributed by atoms with Crippen molar-refractivity contribution in [2.75, 3.05) is 11.5 Å². The van der Waals surface area contributed by atoms with Crippen molar-refractivity contribution in [1.82, 2.24) is 5.43 Å². The molecule has 1 N–H and O–H groups in total. The first-order valence-electron chi connectivity index (χ1n) is 11.6. The second kappa shape index (κ2) is 9.17. The Labute approximate surface area is 198 Å². The largest absolute Gasteiger partial charge is 0.484 e. The van der Waals surface area contributed by atoms with Gasteiger partial charge < -0.3 is 14.1 Å². The number of aryl methyl sites for hydroxylation is 1. The summed E-state index contributed by atoms with van der Waals surface area (Å²) >= 11 is 0. The first-order chi connectivity index (χ1) is 16.5. The van der Waals surface area contributed by atoms with Crippen LogP contribution in [0.2, 0.25) is 0 Å². The molecule has 7 nitrogen and oxygen atoms in total. The standard InChI is InChI=1S/C27H27N3O4/c1-17-15-19-9-6-7-13-22(19)30(17)27(32)26-18(2)25-21(12-8-14-23(25)34-26)28-29-24(31)16-33-20-10-4-3-5-11-20/h3-7,9-11,13,17H,8,12,14-16H2,1-2H3,(H,29,31)/b28-21+. The number of amides is 2. The molecule has 0 bridgehead atoms. The van der Waals surface area contributed by atoms with Gasteiger partial charge in [-0.25, -0.2) is 5.43 Å². The molecule has 174 valence electrons. The molecule has 1 aliphatic heterocycles. The van der Waals surface area contributed by atoms with Crippen LogP contribution in [0.15, 0.2) is 64.1 Å². The zero-order valence-corrected chi connectivity index (χ0v) is 19.3. The van der Waals surface area contributed by atoms with Gasteiger partial charge in [-0.3, -0.25) is 9.59 Å². The SMILES string of the molecule is Cc1c(C(=O)N2c3ccccc3CC2C)oc2c1/C(=N/NC(=O)COc1ccccc1)CCC2. The van der Waals surface area contributed by atoms with Gasteiger partial charge >= 0.3 is 0 Å². The van der Waals surface area contributed by atoms with E-state index >= 15 is 0 Å². The zero-order valence-electron chi connectivity index (χ0n) is 19.3. The van der Waals surface area contributed by atoms with Crippen LogP contribution >= 0.6 is 0 Å². The monoisotopic (exact) mass is 457 g/mol. The predicted octanol–water partition coefficient (Wildman–Crippen LogP) is 4.42. The number of fused-ring (bicyclic) bond motifs is 2. The molecule has 0 spiro atoms. The minimum absolute atomic E-state index is 0.0588. The molecule has 2 heterocycles. The molecular weight excluding hydrogens is 430 g/mol. The zero-order chi connectivity index (χ0) is 23.7. The number of hydrazone groups is 1. The fourth-order valence-corrected chi connectivity index (χ4v) is 4.80. The van der Waals surface area contributed by atoms with E-state index in [1.54, 1.807) is 12.1 Å². The van der Waals surface area contributed by atoms with Gasteiger partial charge in [0.1, 0.15) is 11.5 Å². The number of anilines is 1. The lowest BCUT2D eigenvalue weighted by Gasteiger charge is -2.21. The van der Waals surface area contributed by atoms with Crippen molar-refractivity contribution in [3.63, 3.8) is 0 Å². The lowest BCUT2D eigenvalue weighted by Crippen LogP contribution is -2.35. The van der Waals surface area contributed by atoms with Crippen LogP contribution in [0.5, 0.6) is 5.75 Å². The third kappa shape index (κ3) is 4.09. The number of hydrogen-bond donors (Lipinski definition) is 1. The summed E-state index contributed by atoms with van der Waals surface area (Å²) in [6.45, 7) is 3.81. The highest BCUT2D eigenvalue weighted by atomic mass is 16.5. The molecule has 2 aromatic carbocycles. The van der Waals surface area contributed by atoms with Gasteiger partial charge in [0.2, 0.25) is 0 Å². The lowest BCUT2D eigenvalue weighted by atomic mass is 9.93. The third-order valence-corrected chi connectivity index (χ3v) is 6.37. The maximum absolute atomic E-state index is 13.6. The van der Waals surface area contributed by atoms with Gasteiger partial charge in [-0.15, -0.1) is 0 Å². The second-order valence-electron chi connectivity index (χ2n) is 8.76. The van der Waals surface area contributed by atoms with E-state index in [9.17, 15) is 9.59 Å². The molecule has 5 rings (SSSR count). The number of carbonyl (C=O) groups excluding carboxylic acids is 2. The van der Waals surface area contributed by atoms with Crippen LogP contribution in [-0.4, -0.2) is 30.2 Å². The number of para-hydroxylation sites is 2. The van der Waals surface area contributed by atoms with Crippen molar-refractivity contribution in [3.8, 4) is 5.75 Å². The summed E-state index contributed by atoms with van der Waals surface area (Å²) in [4.78, 5) is 27.7. The Kier molecular flexibility index (Phi) is 5.92. The fourth-order valence-electron chi connectivity index (χ4n) is 4.80. The molecule has 34 heavy (non-hydrogen) atoms. The highest BCUT2D eigenvalue weighted by Gasteiger charge is 2.36. The number of nitrogens with one attached hydrogen (secondary N) is 1. The molecule has 1 unspecified atom stereocenters. The predicted molar refractivity (Wildman–Crippen MR) is 129 cm³/mol. The topological polar surface area (TPSA) is 84.1 Å². The van der Waals surface area contributed by atoms with Gasteiger partial charge in [-0.1, -0.05) is 36.4 Å². The van der Waals surface area contributed by atoms with Crippen molar-refractivity contribution in [2.45, 2.75) is 45.6 Å². The van der Waals surface area contributed by atoms with Crippen molar-refractivity contribution >= 4 is 23.2 Å². The summed E-state index contributed by atoms with van der Waals surface area (Å²) in [6, 6.07) is 17.2. The summed E-state index contributed by atoms with van der Waals surface area (Å²) in [5, 5.41) is 4.37. The van der Waals surface area contributed by atoms with Gasteiger partial charge in [-0.05, 0) is 56.9 Å². The van der Waals surface area contributed by atoms with Gasteiger partial charge in [0.15, 0.2) is 12.4 Å². The maximum atomic E-state index is 13.6. The smallest absolute Gasteiger partial charge is 0.294 e. The highest BCUT2D eigenvalue weighted by Crippen LogP contribution is 2.36. The summed E-state index contributed by atoms with van der Waals surface area (Å²) in [6.07, 6.45) is 3.10. The first-order valence-corrected chi connectivity index (χ1v) is 11.6. The van der Waals surface area contributed by atoms with Crippen molar-refractivity contribution < 1.29 is 18.7 Å². The molecule has 2 amide bonds. The van der Waals surface area contributed by atoms with E-state index in [0.717, 1.165) is 47.5 Å². The number of hydrogen-bond acceptors (Lipinski definition) is 5. The van der Waals surface area contributed by atoms with E-state index in [2.05, 4.69) is 23.5 Å². The summed E-state index contributed by atoms with van der Waals surface area (Å²) in [7, 11) is 0. The molecule has 0 fully saturated rings. The number of nitrogens with zero attached hydrogens (tertiary/aromatic N) is 2. The minimum atomic E-state index is -0.344. The molecule has 3 aromatic rings. The van der Waals surface area contributed by atoms with E-state index < -0.39 is 0 Å². The van der Waals surface area contributed by atoms with Crippen molar-refractivity contribution in [3.05, 3.63) is 82.8 Å². The molecule has 0 saturated heterocycles. The summed E-state index contributed by atoms with van der Waals surface area (Å²) in [5.41, 5.74) is 7.02. The van der Waals surface area contributed by atoms with Crippen molar-refractivity contribution in [2.24, 2.45) is 5.10 Å².